The van der Waals surface area contributed by atoms with E-state index in [1.165, 1.54) is 0 Å². The fourth-order valence-electron chi connectivity index (χ4n) is 1.51. The second-order valence-corrected chi connectivity index (χ2v) is 5.77. The second-order valence-electron chi connectivity index (χ2n) is 3.36. The molecule has 0 aliphatic carbocycles. The quantitative estimate of drug-likeness (QED) is 0.531. The number of hydrogen-bond donors (Lipinski definition) is 1. The van der Waals surface area contributed by atoms with Crippen LogP contribution in [0.25, 0.3) is 11.2 Å². The number of rotatable bonds is 4. The first kappa shape index (κ1) is 12.7. The molecule has 2 aromatic heterocycles. The van der Waals surface area contributed by atoms with E-state index in [9.17, 15) is 0 Å². The maximum atomic E-state index is 5.28. The first-order valence-corrected chi connectivity index (χ1v) is 7.33. The maximum absolute atomic E-state index is 5.28. The molecule has 0 aromatic carbocycles. The van der Waals surface area contributed by atoms with E-state index in [0.29, 0.717) is 4.77 Å². The van der Waals surface area contributed by atoms with Gasteiger partial charge in [0.05, 0.1) is 11.3 Å². The van der Waals surface area contributed by atoms with E-state index in [-0.39, 0.29) is 0 Å². The molecule has 2 heterocycles. The molecule has 0 unspecified atom stereocenters. The summed E-state index contributed by atoms with van der Waals surface area (Å²) < 4.78 is 3.64. The largest absolute Gasteiger partial charge is 0.329 e. The fourth-order valence-corrected chi connectivity index (χ4v) is 2.71. The van der Waals surface area contributed by atoms with Crippen LogP contribution in [-0.2, 0) is 6.54 Å². The van der Waals surface area contributed by atoms with Gasteiger partial charge in [0.15, 0.2) is 10.4 Å². The Morgan fingerprint density at radius 2 is 2.47 bits per heavy atom. The van der Waals surface area contributed by atoms with E-state index in [1.54, 1.807) is 18.0 Å². The van der Waals surface area contributed by atoms with Crippen LogP contribution >= 0.6 is 39.9 Å². The summed E-state index contributed by atoms with van der Waals surface area (Å²) >= 11 is 10.4. The lowest BCUT2D eigenvalue weighted by Gasteiger charge is -2.02. The molecule has 0 fully saturated rings. The normalized spacial score (nSPS) is 10.6. The molecule has 17 heavy (non-hydrogen) atoms. The predicted octanol–water partition coefficient (Wildman–Crippen LogP) is 3.22. The van der Waals surface area contributed by atoms with Crippen molar-refractivity contribution < 1.29 is 0 Å². The average molecular weight is 328 g/mol. The minimum Gasteiger partial charge on any atom is -0.329 e. The summed E-state index contributed by atoms with van der Waals surface area (Å²) in [6, 6.07) is 1.98. The summed E-state index contributed by atoms with van der Waals surface area (Å²) in [5.74, 6) is 4.27. The number of nitrogens with zero attached hydrogens (tertiary/aromatic N) is 2. The summed E-state index contributed by atoms with van der Waals surface area (Å²) in [6.07, 6.45) is 6.98. The molecule has 3 nitrogen and oxygen atoms in total. The van der Waals surface area contributed by atoms with E-state index in [1.807, 2.05) is 10.6 Å². The lowest BCUT2D eigenvalue weighted by molar-refractivity contribution is 0.775. The van der Waals surface area contributed by atoms with Crippen molar-refractivity contribution in [1.29, 1.82) is 0 Å². The molecular weight excluding hydrogens is 318 g/mol. The zero-order valence-corrected chi connectivity index (χ0v) is 12.2. The van der Waals surface area contributed by atoms with Crippen molar-refractivity contribution in [3.63, 3.8) is 0 Å². The maximum Gasteiger partial charge on any atom is 0.179 e. The van der Waals surface area contributed by atoms with Gasteiger partial charge in [0.25, 0.3) is 0 Å². The van der Waals surface area contributed by atoms with E-state index >= 15 is 0 Å². The van der Waals surface area contributed by atoms with Gasteiger partial charge in [0.1, 0.15) is 0 Å². The van der Waals surface area contributed by atoms with Gasteiger partial charge in [-0.2, -0.15) is 0 Å². The van der Waals surface area contributed by atoms with Crippen molar-refractivity contribution in [3.8, 4) is 12.3 Å². The molecule has 0 bridgehead atoms. The van der Waals surface area contributed by atoms with Gasteiger partial charge >= 0.3 is 0 Å². The molecule has 0 radical (unpaired) electrons. The molecule has 0 aliphatic heterocycles. The Labute approximate surface area is 117 Å². The molecule has 0 amide bonds. The second kappa shape index (κ2) is 5.71. The number of aromatic amines is 1. The van der Waals surface area contributed by atoms with Crippen molar-refractivity contribution in [2.75, 3.05) is 11.5 Å². The Balaban J connectivity index is 2.25. The summed E-state index contributed by atoms with van der Waals surface area (Å²) in [5, 5.41) is 0. The Hall–Kier alpha value is -0.770. The number of hydrogen-bond acceptors (Lipinski definition) is 3. The van der Waals surface area contributed by atoms with Gasteiger partial charge in [-0.3, -0.25) is 0 Å². The molecule has 2 aromatic rings. The predicted molar refractivity (Wildman–Crippen MR) is 78.8 cm³/mol. The van der Waals surface area contributed by atoms with Gasteiger partial charge in [-0.25, -0.2) is 4.98 Å². The van der Waals surface area contributed by atoms with E-state index < -0.39 is 0 Å². The van der Waals surface area contributed by atoms with Crippen molar-refractivity contribution in [2.45, 2.75) is 6.54 Å². The summed E-state index contributed by atoms with van der Waals surface area (Å²) in [4.78, 5) is 7.51. The van der Waals surface area contributed by atoms with Crippen molar-refractivity contribution in [2.24, 2.45) is 0 Å². The molecule has 6 heteroatoms. The molecule has 0 atom stereocenters. The number of halogens is 1. The van der Waals surface area contributed by atoms with Crippen LogP contribution in [0.1, 0.15) is 0 Å². The lowest BCUT2D eigenvalue weighted by Crippen LogP contribution is -2.01. The van der Waals surface area contributed by atoms with Crippen LogP contribution in [0.3, 0.4) is 0 Å². The summed E-state index contributed by atoms with van der Waals surface area (Å²) in [7, 11) is 0. The van der Waals surface area contributed by atoms with Gasteiger partial charge in [-0.1, -0.05) is 5.92 Å². The molecule has 0 saturated carbocycles. The molecule has 0 spiro atoms. The number of nitrogens with one attached hydrogen (secondary N) is 1. The van der Waals surface area contributed by atoms with E-state index in [2.05, 4.69) is 31.8 Å². The van der Waals surface area contributed by atoms with Crippen LogP contribution in [-0.4, -0.2) is 26.0 Å². The monoisotopic (exact) mass is 327 g/mol. The molecule has 0 aliphatic rings. The SMILES string of the molecule is C#CCSCCn1c(=S)[nH]c2cc(Br)cnc21. The minimum atomic E-state index is 0.701. The van der Waals surface area contributed by atoms with Crippen molar-refractivity contribution >= 4 is 51.1 Å². The molecule has 0 saturated heterocycles. The van der Waals surface area contributed by atoms with Crippen LogP contribution < -0.4 is 0 Å². The van der Waals surface area contributed by atoms with Gasteiger partial charge < -0.3 is 9.55 Å². The lowest BCUT2D eigenvalue weighted by atomic mass is 10.4. The molecule has 2 rings (SSSR count). The first-order chi connectivity index (χ1) is 8.22. The van der Waals surface area contributed by atoms with Gasteiger partial charge in [-0.15, -0.1) is 18.2 Å². The topological polar surface area (TPSA) is 33.6 Å². The third kappa shape index (κ3) is 2.92. The van der Waals surface area contributed by atoms with Crippen molar-refractivity contribution in [3.05, 3.63) is 21.5 Å². The van der Waals surface area contributed by atoms with Crippen LogP contribution in [0.2, 0.25) is 0 Å². The van der Waals surface area contributed by atoms with Gasteiger partial charge in [-0.05, 0) is 34.2 Å². The first-order valence-electron chi connectivity index (χ1n) is 4.97. The number of terminal acetylenes is 1. The number of aryl methyl sites for hydroxylation is 1. The Bertz CT molecular complexity index is 624. The van der Waals surface area contributed by atoms with Crippen LogP contribution in [0.15, 0.2) is 16.7 Å². The van der Waals surface area contributed by atoms with Crippen LogP contribution in [0, 0.1) is 17.1 Å². The highest BCUT2D eigenvalue weighted by molar-refractivity contribution is 9.10. The van der Waals surface area contributed by atoms with Crippen LogP contribution in [0.5, 0.6) is 0 Å². The molecule has 88 valence electrons. The number of thioether (sulfide) groups is 1. The number of pyridine rings is 1. The fraction of sp³-hybridized carbons (Fsp3) is 0.273. The van der Waals surface area contributed by atoms with E-state index in [4.69, 9.17) is 18.6 Å². The smallest absolute Gasteiger partial charge is 0.179 e. The summed E-state index contributed by atoms with van der Waals surface area (Å²) in [6.45, 7) is 0.819. The average Bonchev–Trinajstić information content (AvgIpc) is 2.60. The third-order valence-electron chi connectivity index (χ3n) is 2.22. The highest BCUT2D eigenvalue weighted by Crippen LogP contribution is 2.17. The van der Waals surface area contributed by atoms with Gasteiger partial charge in [0.2, 0.25) is 0 Å². The van der Waals surface area contributed by atoms with Crippen LogP contribution in [0.4, 0.5) is 0 Å². The standard InChI is InChI=1S/C11H10BrN3S2/c1-2-4-17-5-3-15-10-9(14-11(15)16)6-8(12)7-13-10/h1,6-7H,3-5H2,(H,14,16). The molecule has 1 N–H and O–H groups in total. The third-order valence-corrected chi connectivity index (χ3v) is 3.82. The van der Waals surface area contributed by atoms with Gasteiger partial charge in [0, 0.05) is 23.0 Å². The zero-order valence-electron chi connectivity index (χ0n) is 8.94. The Morgan fingerprint density at radius 3 is 3.24 bits per heavy atom. The number of aromatic nitrogens is 3. The van der Waals surface area contributed by atoms with Crippen molar-refractivity contribution in [1.82, 2.24) is 14.5 Å². The number of H-pyrrole nitrogens is 1. The Morgan fingerprint density at radius 1 is 1.65 bits per heavy atom. The minimum absolute atomic E-state index is 0.701. The number of fused-ring (bicyclic) bond motifs is 1. The van der Waals surface area contributed by atoms with E-state index in [0.717, 1.165) is 33.7 Å². The molecular formula is C11H10BrN3S2. The highest BCUT2D eigenvalue weighted by Gasteiger charge is 2.05. The highest BCUT2D eigenvalue weighted by atomic mass is 79.9. The Kier molecular flexibility index (Phi) is 4.26. The summed E-state index contributed by atoms with van der Waals surface area (Å²) in [5.41, 5.74) is 1.84. The number of imidazole rings is 1. The zero-order chi connectivity index (χ0) is 12.3.